The van der Waals surface area contributed by atoms with Gasteiger partial charge >= 0.3 is 0 Å². The molecule has 1 nitrogen and oxygen atoms in total. The van der Waals surface area contributed by atoms with Crippen LogP contribution >= 0.6 is 0 Å². The van der Waals surface area contributed by atoms with Crippen LogP contribution in [0.5, 0.6) is 0 Å². The third-order valence-corrected chi connectivity index (χ3v) is 3.47. The van der Waals surface area contributed by atoms with Crippen molar-refractivity contribution in [2.75, 3.05) is 13.2 Å². The fourth-order valence-electron chi connectivity index (χ4n) is 2.55. The molecule has 19 heavy (non-hydrogen) atoms. The van der Waals surface area contributed by atoms with Crippen molar-refractivity contribution < 1.29 is 4.39 Å². The van der Waals surface area contributed by atoms with Crippen LogP contribution < -0.4 is 0 Å². The summed E-state index contributed by atoms with van der Waals surface area (Å²) in [5, 5.41) is 0. The molecule has 0 bridgehead atoms. The van der Waals surface area contributed by atoms with Crippen LogP contribution in [0.2, 0.25) is 0 Å². The zero-order valence-electron chi connectivity index (χ0n) is 11.6. The molecule has 1 aliphatic rings. The highest BCUT2D eigenvalue weighted by molar-refractivity contribution is 5.74. The van der Waals surface area contributed by atoms with Crippen LogP contribution in [0.15, 0.2) is 59.8 Å². The fraction of sp³-hybridized carbons (Fsp3) is 0.294. The number of alkyl halides is 1. The van der Waals surface area contributed by atoms with Gasteiger partial charge in [-0.3, -0.25) is 0 Å². The molecule has 0 atom stereocenters. The van der Waals surface area contributed by atoms with Crippen LogP contribution in [-0.4, -0.2) is 18.1 Å². The quantitative estimate of drug-likeness (QED) is 0.764. The van der Waals surface area contributed by atoms with Crippen molar-refractivity contribution in [2.24, 2.45) is 0 Å². The van der Waals surface area contributed by atoms with Crippen molar-refractivity contribution in [3.8, 4) is 0 Å². The van der Waals surface area contributed by atoms with Crippen molar-refractivity contribution in [1.29, 1.82) is 0 Å². The van der Waals surface area contributed by atoms with Crippen LogP contribution in [0.1, 0.15) is 25.8 Å². The van der Waals surface area contributed by atoms with E-state index in [0.717, 1.165) is 23.4 Å². The molecule has 0 saturated carbocycles. The number of allylic oxidation sites excluding steroid dienone is 3. The highest BCUT2D eigenvalue weighted by Gasteiger charge is 2.22. The van der Waals surface area contributed by atoms with Crippen molar-refractivity contribution in [2.45, 2.75) is 20.3 Å². The summed E-state index contributed by atoms with van der Waals surface area (Å²) < 4.78 is 12.9. The molecular weight excluding hydrogens is 237 g/mol. The van der Waals surface area contributed by atoms with Crippen LogP contribution in [0.3, 0.4) is 0 Å². The third-order valence-electron chi connectivity index (χ3n) is 3.47. The number of benzene rings is 1. The van der Waals surface area contributed by atoms with Gasteiger partial charge in [-0.2, -0.15) is 0 Å². The van der Waals surface area contributed by atoms with Crippen molar-refractivity contribution in [1.82, 2.24) is 4.90 Å². The van der Waals surface area contributed by atoms with Gasteiger partial charge in [0, 0.05) is 5.70 Å². The summed E-state index contributed by atoms with van der Waals surface area (Å²) in [4.78, 5) is 2.00. The van der Waals surface area contributed by atoms with Gasteiger partial charge in [-0.25, -0.2) is 4.39 Å². The number of rotatable bonds is 4. The van der Waals surface area contributed by atoms with Crippen molar-refractivity contribution in [3.05, 3.63) is 65.4 Å². The van der Waals surface area contributed by atoms with Crippen LogP contribution in [0.4, 0.5) is 4.39 Å². The summed E-state index contributed by atoms with van der Waals surface area (Å²) in [5.74, 6) is 0. The lowest BCUT2D eigenvalue weighted by molar-refractivity contribution is 0.389. The first-order chi connectivity index (χ1) is 9.19. The highest BCUT2D eigenvalue weighted by Crippen LogP contribution is 2.35. The van der Waals surface area contributed by atoms with E-state index in [0.29, 0.717) is 6.54 Å². The zero-order valence-corrected chi connectivity index (χ0v) is 11.6. The molecule has 0 aromatic heterocycles. The molecule has 0 spiro atoms. The minimum absolute atomic E-state index is 0.359. The lowest BCUT2D eigenvalue weighted by atomic mass is 9.96. The predicted molar refractivity (Wildman–Crippen MR) is 79.2 cm³/mol. The maximum absolute atomic E-state index is 12.9. The monoisotopic (exact) mass is 257 g/mol. The molecule has 0 saturated heterocycles. The van der Waals surface area contributed by atoms with E-state index in [2.05, 4.69) is 38.6 Å². The SMILES string of the molecule is C=C1C(CC)=CC(C)=C(c2ccccc2)N1CCF. The van der Waals surface area contributed by atoms with Crippen LogP contribution in [-0.2, 0) is 0 Å². The lowest BCUT2D eigenvalue weighted by Gasteiger charge is -2.34. The van der Waals surface area contributed by atoms with Gasteiger partial charge in [-0.05, 0) is 30.1 Å². The average molecular weight is 257 g/mol. The Kier molecular flexibility index (Phi) is 4.20. The van der Waals surface area contributed by atoms with Gasteiger partial charge in [-0.15, -0.1) is 0 Å². The Bertz CT molecular complexity index is 525. The van der Waals surface area contributed by atoms with Gasteiger partial charge in [0.25, 0.3) is 0 Å². The van der Waals surface area contributed by atoms with Crippen molar-refractivity contribution in [3.63, 3.8) is 0 Å². The molecule has 1 aromatic rings. The van der Waals surface area contributed by atoms with Crippen LogP contribution in [0, 0.1) is 0 Å². The van der Waals surface area contributed by atoms with E-state index in [1.54, 1.807) is 0 Å². The molecule has 0 amide bonds. The Morgan fingerprint density at radius 1 is 1.21 bits per heavy atom. The molecule has 0 fully saturated rings. The topological polar surface area (TPSA) is 3.24 Å². The largest absolute Gasteiger partial charge is 0.338 e. The molecule has 100 valence electrons. The van der Waals surface area contributed by atoms with E-state index in [-0.39, 0.29) is 6.67 Å². The molecule has 2 rings (SSSR count). The van der Waals surface area contributed by atoms with Gasteiger partial charge in [0.2, 0.25) is 0 Å². The predicted octanol–water partition coefficient (Wildman–Crippen LogP) is 4.55. The molecule has 0 N–H and O–H groups in total. The van der Waals surface area contributed by atoms with Crippen molar-refractivity contribution >= 4 is 5.70 Å². The minimum atomic E-state index is -0.375. The summed E-state index contributed by atoms with van der Waals surface area (Å²) in [7, 11) is 0. The molecular formula is C17H20FN. The molecule has 2 heteroatoms. The summed E-state index contributed by atoms with van der Waals surface area (Å²) in [5.41, 5.74) is 5.46. The molecule has 0 unspecified atom stereocenters. The van der Waals surface area contributed by atoms with E-state index >= 15 is 0 Å². The second kappa shape index (κ2) is 5.87. The summed E-state index contributed by atoms with van der Waals surface area (Å²) >= 11 is 0. The van der Waals surface area contributed by atoms with E-state index in [1.807, 2.05) is 23.1 Å². The first-order valence-electron chi connectivity index (χ1n) is 6.68. The Morgan fingerprint density at radius 2 is 1.89 bits per heavy atom. The summed E-state index contributed by atoms with van der Waals surface area (Å²) in [6.07, 6.45) is 3.08. The second-order valence-corrected chi connectivity index (χ2v) is 4.71. The average Bonchev–Trinajstić information content (AvgIpc) is 2.44. The summed E-state index contributed by atoms with van der Waals surface area (Å²) in [6, 6.07) is 10.1. The number of hydrogen-bond donors (Lipinski definition) is 0. The zero-order chi connectivity index (χ0) is 13.8. The molecule has 1 aromatic carbocycles. The maximum Gasteiger partial charge on any atom is 0.107 e. The standard InChI is InChI=1S/C17H20FN/c1-4-15-12-13(2)17(16-8-6-5-7-9-16)19(11-10-18)14(15)3/h5-9,12H,3-4,10-11H2,1-2H3. The van der Waals surface area contributed by atoms with Gasteiger partial charge < -0.3 is 4.90 Å². The smallest absolute Gasteiger partial charge is 0.107 e. The van der Waals surface area contributed by atoms with E-state index < -0.39 is 0 Å². The molecule has 0 aliphatic carbocycles. The molecule has 0 radical (unpaired) electrons. The molecule has 1 heterocycles. The maximum atomic E-state index is 12.9. The van der Waals surface area contributed by atoms with Gasteiger partial charge in [0.15, 0.2) is 0 Å². The van der Waals surface area contributed by atoms with E-state index in [1.165, 1.54) is 11.1 Å². The molecule has 1 aliphatic heterocycles. The number of nitrogens with zero attached hydrogens (tertiary/aromatic N) is 1. The highest BCUT2D eigenvalue weighted by atomic mass is 19.1. The number of hydrogen-bond acceptors (Lipinski definition) is 1. The first kappa shape index (κ1) is 13.6. The van der Waals surface area contributed by atoms with E-state index in [9.17, 15) is 4.39 Å². The third kappa shape index (κ3) is 2.62. The normalized spacial score (nSPS) is 15.8. The Balaban J connectivity index is 2.52. The summed E-state index contributed by atoms with van der Waals surface area (Å²) in [6.45, 7) is 8.30. The van der Waals surface area contributed by atoms with E-state index in [4.69, 9.17) is 0 Å². The number of halogens is 1. The first-order valence-corrected chi connectivity index (χ1v) is 6.68. The minimum Gasteiger partial charge on any atom is -0.338 e. The second-order valence-electron chi connectivity index (χ2n) is 4.71. The van der Waals surface area contributed by atoms with Gasteiger partial charge in [-0.1, -0.05) is 49.9 Å². The van der Waals surface area contributed by atoms with Crippen LogP contribution in [0.25, 0.3) is 5.70 Å². The lowest BCUT2D eigenvalue weighted by Crippen LogP contribution is -2.27. The fourth-order valence-corrected chi connectivity index (χ4v) is 2.55. The Hall–Kier alpha value is -1.83. The Morgan fingerprint density at radius 3 is 2.47 bits per heavy atom. The van der Waals surface area contributed by atoms with Gasteiger partial charge in [0.1, 0.15) is 6.67 Å². The van der Waals surface area contributed by atoms with Gasteiger partial charge in [0.05, 0.1) is 12.2 Å². The Labute approximate surface area is 114 Å².